The second-order valence-electron chi connectivity index (χ2n) is 6.41. The van der Waals surface area contributed by atoms with Gasteiger partial charge in [0.2, 0.25) is 5.91 Å². The number of amides is 1. The molecular formula is C14H22N2O. The smallest absolute Gasteiger partial charge is 0.240 e. The highest BCUT2D eigenvalue weighted by atomic mass is 16.2. The van der Waals surface area contributed by atoms with E-state index in [1.165, 1.54) is 25.7 Å². The third-order valence-electron chi connectivity index (χ3n) is 4.53. The number of carbonyl (C=O) groups excluding carboxylic acids is 1. The number of nitriles is 1. The third-order valence-corrected chi connectivity index (χ3v) is 4.53. The summed E-state index contributed by atoms with van der Waals surface area (Å²) in [6.45, 7) is 5.08. The van der Waals surface area contributed by atoms with E-state index in [9.17, 15) is 10.1 Å². The van der Waals surface area contributed by atoms with Gasteiger partial charge in [-0.05, 0) is 37.0 Å². The SMILES string of the molecule is CC1CC(C#N)(C(=O)NCC2(C)CCCC2)C1. The zero-order chi connectivity index (χ0) is 12.5. The van der Waals surface area contributed by atoms with E-state index in [0.717, 1.165) is 19.4 Å². The Kier molecular flexibility index (Phi) is 3.16. The first-order valence-corrected chi connectivity index (χ1v) is 6.69. The molecule has 0 aromatic carbocycles. The van der Waals surface area contributed by atoms with Gasteiger partial charge in [0.25, 0.3) is 0 Å². The molecule has 0 heterocycles. The number of nitrogens with zero attached hydrogens (tertiary/aromatic N) is 1. The number of hydrogen-bond acceptors (Lipinski definition) is 2. The van der Waals surface area contributed by atoms with Crippen LogP contribution in [0.2, 0.25) is 0 Å². The molecule has 1 N–H and O–H groups in total. The fourth-order valence-electron chi connectivity index (χ4n) is 3.33. The molecule has 2 aliphatic rings. The van der Waals surface area contributed by atoms with Crippen molar-refractivity contribution in [1.29, 1.82) is 5.26 Å². The van der Waals surface area contributed by atoms with Crippen LogP contribution < -0.4 is 5.32 Å². The van der Waals surface area contributed by atoms with E-state index >= 15 is 0 Å². The predicted octanol–water partition coefficient (Wildman–Crippen LogP) is 2.62. The molecule has 17 heavy (non-hydrogen) atoms. The number of carbonyl (C=O) groups is 1. The number of hydrogen-bond donors (Lipinski definition) is 1. The van der Waals surface area contributed by atoms with E-state index in [2.05, 4.69) is 25.2 Å². The van der Waals surface area contributed by atoms with Crippen LogP contribution in [0.3, 0.4) is 0 Å². The molecule has 3 nitrogen and oxygen atoms in total. The summed E-state index contributed by atoms with van der Waals surface area (Å²) in [5.74, 6) is 0.480. The van der Waals surface area contributed by atoms with Crippen molar-refractivity contribution in [3.05, 3.63) is 0 Å². The largest absolute Gasteiger partial charge is 0.354 e. The van der Waals surface area contributed by atoms with Crippen LogP contribution in [0, 0.1) is 28.1 Å². The Balaban J connectivity index is 1.87. The van der Waals surface area contributed by atoms with Crippen molar-refractivity contribution in [3.63, 3.8) is 0 Å². The maximum absolute atomic E-state index is 12.1. The first kappa shape index (κ1) is 12.4. The molecule has 2 aliphatic carbocycles. The van der Waals surface area contributed by atoms with Crippen LogP contribution >= 0.6 is 0 Å². The molecule has 2 fully saturated rings. The van der Waals surface area contributed by atoms with E-state index < -0.39 is 5.41 Å². The second kappa shape index (κ2) is 4.33. The molecule has 0 bridgehead atoms. The standard InChI is InChI=1S/C14H22N2O/c1-11-7-14(8-11,9-15)12(17)16-10-13(2)5-3-4-6-13/h11H,3-8,10H2,1-2H3,(H,16,17). The molecule has 3 heteroatoms. The van der Waals surface area contributed by atoms with Crippen LogP contribution in [-0.2, 0) is 4.79 Å². The average molecular weight is 234 g/mol. The third kappa shape index (κ3) is 2.31. The Bertz CT molecular complexity index is 344. The van der Waals surface area contributed by atoms with Gasteiger partial charge in [0, 0.05) is 6.54 Å². The van der Waals surface area contributed by atoms with Crippen molar-refractivity contribution >= 4 is 5.91 Å². The van der Waals surface area contributed by atoms with Crippen molar-refractivity contribution in [1.82, 2.24) is 5.32 Å². The van der Waals surface area contributed by atoms with E-state index in [4.69, 9.17) is 0 Å². The van der Waals surface area contributed by atoms with E-state index in [1.54, 1.807) is 0 Å². The highest BCUT2D eigenvalue weighted by Gasteiger charge is 2.49. The molecule has 0 aromatic heterocycles. The fourth-order valence-corrected chi connectivity index (χ4v) is 3.33. The lowest BCUT2D eigenvalue weighted by Crippen LogP contribution is -2.50. The van der Waals surface area contributed by atoms with E-state index in [1.807, 2.05) is 0 Å². The molecular weight excluding hydrogens is 212 g/mol. The molecule has 1 amide bonds. The summed E-state index contributed by atoms with van der Waals surface area (Å²) in [5.41, 5.74) is -0.448. The van der Waals surface area contributed by atoms with Crippen molar-refractivity contribution in [2.45, 2.75) is 52.4 Å². The van der Waals surface area contributed by atoms with Crippen LogP contribution in [0.4, 0.5) is 0 Å². The van der Waals surface area contributed by atoms with Gasteiger partial charge in [-0.1, -0.05) is 26.7 Å². The quantitative estimate of drug-likeness (QED) is 0.816. The first-order chi connectivity index (χ1) is 8.00. The molecule has 0 aliphatic heterocycles. The van der Waals surface area contributed by atoms with E-state index in [-0.39, 0.29) is 11.3 Å². The van der Waals surface area contributed by atoms with Gasteiger partial charge < -0.3 is 5.32 Å². The van der Waals surface area contributed by atoms with Crippen LogP contribution in [0.1, 0.15) is 52.4 Å². The number of rotatable bonds is 3. The van der Waals surface area contributed by atoms with Gasteiger partial charge in [0.05, 0.1) is 6.07 Å². The maximum Gasteiger partial charge on any atom is 0.240 e. The summed E-state index contributed by atoms with van der Waals surface area (Å²) >= 11 is 0. The van der Waals surface area contributed by atoms with Gasteiger partial charge in [0.1, 0.15) is 5.41 Å². The minimum absolute atomic E-state index is 0.0359. The van der Waals surface area contributed by atoms with Crippen molar-refractivity contribution in [2.75, 3.05) is 6.54 Å². The molecule has 0 saturated heterocycles. The minimum atomic E-state index is -0.714. The molecule has 2 saturated carbocycles. The van der Waals surface area contributed by atoms with E-state index in [0.29, 0.717) is 5.92 Å². The minimum Gasteiger partial charge on any atom is -0.354 e. The van der Waals surface area contributed by atoms with Gasteiger partial charge in [-0.15, -0.1) is 0 Å². The van der Waals surface area contributed by atoms with Crippen molar-refractivity contribution < 1.29 is 4.79 Å². The predicted molar refractivity (Wildman–Crippen MR) is 66.0 cm³/mol. The summed E-state index contributed by atoms with van der Waals surface area (Å²) in [4.78, 5) is 12.1. The lowest BCUT2D eigenvalue weighted by Gasteiger charge is -2.40. The lowest BCUT2D eigenvalue weighted by molar-refractivity contribution is -0.134. The molecule has 0 spiro atoms. The number of nitrogens with one attached hydrogen (secondary N) is 1. The van der Waals surface area contributed by atoms with Gasteiger partial charge in [0.15, 0.2) is 0 Å². The Hall–Kier alpha value is -1.04. The molecule has 94 valence electrons. The Morgan fingerprint density at radius 3 is 2.47 bits per heavy atom. The summed E-state index contributed by atoms with van der Waals surface area (Å²) < 4.78 is 0. The van der Waals surface area contributed by atoms with Gasteiger partial charge in [-0.2, -0.15) is 5.26 Å². The van der Waals surface area contributed by atoms with Crippen LogP contribution in [-0.4, -0.2) is 12.5 Å². The average Bonchev–Trinajstić information content (AvgIpc) is 2.69. The van der Waals surface area contributed by atoms with Crippen LogP contribution in [0.25, 0.3) is 0 Å². The normalized spacial score (nSPS) is 34.8. The summed E-state index contributed by atoms with van der Waals surface area (Å²) in [6.07, 6.45) is 6.39. The van der Waals surface area contributed by atoms with Crippen molar-refractivity contribution in [2.24, 2.45) is 16.7 Å². The molecule has 0 atom stereocenters. The Morgan fingerprint density at radius 2 is 2.00 bits per heavy atom. The van der Waals surface area contributed by atoms with Crippen LogP contribution in [0.15, 0.2) is 0 Å². The maximum atomic E-state index is 12.1. The summed E-state index contributed by atoms with van der Waals surface area (Å²) in [7, 11) is 0. The van der Waals surface area contributed by atoms with Gasteiger partial charge >= 0.3 is 0 Å². The summed E-state index contributed by atoms with van der Waals surface area (Å²) in [6, 6.07) is 2.22. The molecule has 0 aromatic rings. The van der Waals surface area contributed by atoms with Crippen molar-refractivity contribution in [3.8, 4) is 6.07 Å². The molecule has 0 radical (unpaired) electrons. The lowest BCUT2D eigenvalue weighted by atomic mass is 9.63. The highest BCUT2D eigenvalue weighted by Crippen LogP contribution is 2.45. The zero-order valence-electron chi connectivity index (χ0n) is 10.9. The highest BCUT2D eigenvalue weighted by molar-refractivity contribution is 5.86. The Morgan fingerprint density at radius 1 is 1.41 bits per heavy atom. The monoisotopic (exact) mass is 234 g/mol. The topological polar surface area (TPSA) is 52.9 Å². The first-order valence-electron chi connectivity index (χ1n) is 6.69. The fraction of sp³-hybridized carbons (Fsp3) is 0.857. The Labute approximate surface area is 104 Å². The van der Waals surface area contributed by atoms with Gasteiger partial charge in [-0.3, -0.25) is 4.79 Å². The van der Waals surface area contributed by atoms with Crippen LogP contribution in [0.5, 0.6) is 0 Å². The zero-order valence-corrected chi connectivity index (χ0v) is 10.9. The molecule has 0 unspecified atom stereocenters. The second-order valence-corrected chi connectivity index (χ2v) is 6.41. The van der Waals surface area contributed by atoms with Gasteiger partial charge in [-0.25, -0.2) is 0 Å². The molecule has 2 rings (SSSR count). The summed E-state index contributed by atoms with van der Waals surface area (Å²) in [5, 5.41) is 12.2.